The highest BCUT2D eigenvalue weighted by molar-refractivity contribution is 5.70. The Bertz CT molecular complexity index is 795. The van der Waals surface area contributed by atoms with Crippen LogP contribution >= 0.6 is 0 Å². The maximum atomic E-state index is 11.2. The third-order valence-corrected chi connectivity index (χ3v) is 5.17. The molecule has 0 bridgehead atoms. The Labute approximate surface area is 154 Å². The van der Waals surface area contributed by atoms with E-state index in [1.165, 1.54) is 31.4 Å². The molecule has 1 aliphatic carbocycles. The first kappa shape index (κ1) is 18.2. The first-order valence-corrected chi connectivity index (χ1v) is 8.91. The molecule has 0 amide bonds. The number of carbonyl (C=O) groups is 2. The van der Waals surface area contributed by atoms with Gasteiger partial charge in [0.15, 0.2) is 0 Å². The summed E-state index contributed by atoms with van der Waals surface area (Å²) in [5.74, 6) is 0.598. The molecule has 2 aromatic rings. The highest BCUT2D eigenvalue weighted by Crippen LogP contribution is 2.50. The van der Waals surface area contributed by atoms with E-state index in [1.54, 1.807) is 0 Å². The highest BCUT2D eigenvalue weighted by atomic mass is 16.5. The molecule has 0 N–H and O–H groups in total. The summed E-state index contributed by atoms with van der Waals surface area (Å²) in [6.45, 7) is 6.74. The molecule has 0 spiro atoms. The van der Waals surface area contributed by atoms with Gasteiger partial charge in [-0.15, -0.1) is 0 Å². The summed E-state index contributed by atoms with van der Waals surface area (Å²) in [6.07, 6.45) is 3.33. The minimum atomic E-state index is -0.309. The second-order valence-electron chi connectivity index (χ2n) is 7.08. The molecule has 0 radical (unpaired) electrons. The van der Waals surface area contributed by atoms with E-state index in [1.807, 2.05) is 26.0 Å². The highest BCUT2D eigenvalue weighted by Gasteiger charge is 2.40. The summed E-state index contributed by atoms with van der Waals surface area (Å²) >= 11 is 0. The molecule has 0 saturated heterocycles. The van der Waals surface area contributed by atoms with Crippen LogP contribution in [-0.2, 0) is 15.0 Å². The average Bonchev–Trinajstić information content (AvgIpc) is 2.50. The Morgan fingerprint density at radius 2 is 1.23 bits per heavy atom. The zero-order valence-corrected chi connectivity index (χ0v) is 15.7. The van der Waals surface area contributed by atoms with Crippen molar-refractivity contribution in [3.8, 4) is 11.5 Å². The fourth-order valence-electron chi connectivity index (χ4n) is 3.71. The van der Waals surface area contributed by atoms with Gasteiger partial charge in [0.25, 0.3) is 0 Å². The fourth-order valence-corrected chi connectivity index (χ4v) is 3.71. The van der Waals surface area contributed by atoms with Crippen LogP contribution in [0.3, 0.4) is 0 Å². The van der Waals surface area contributed by atoms with Crippen molar-refractivity contribution in [2.75, 3.05) is 0 Å². The van der Waals surface area contributed by atoms with E-state index in [9.17, 15) is 9.59 Å². The maximum absolute atomic E-state index is 11.2. The number of aryl methyl sites for hydroxylation is 2. The molecule has 0 aromatic heterocycles. The molecule has 0 heterocycles. The molecule has 136 valence electrons. The van der Waals surface area contributed by atoms with Crippen molar-refractivity contribution in [3.63, 3.8) is 0 Å². The van der Waals surface area contributed by atoms with Gasteiger partial charge in [-0.2, -0.15) is 0 Å². The number of hydrogen-bond donors (Lipinski definition) is 0. The van der Waals surface area contributed by atoms with E-state index in [-0.39, 0.29) is 17.4 Å². The van der Waals surface area contributed by atoms with Crippen molar-refractivity contribution in [1.82, 2.24) is 0 Å². The molecule has 0 atom stereocenters. The van der Waals surface area contributed by atoms with Crippen molar-refractivity contribution in [2.45, 2.75) is 52.4 Å². The van der Waals surface area contributed by atoms with Crippen LogP contribution in [0.5, 0.6) is 11.5 Å². The van der Waals surface area contributed by atoms with Crippen LogP contribution in [0.2, 0.25) is 0 Å². The van der Waals surface area contributed by atoms with Gasteiger partial charge in [0, 0.05) is 19.3 Å². The molecule has 1 saturated carbocycles. The van der Waals surface area contributed by atoms with Crippen LogP contribution in [0, 0.1) is 13.8 Å². The quantitative estimate of drug-likeness (QED) is 0.595. The topological polar surface area (TPSA) is 52.6 Å². The SMILES string of the molecule is CC(=O)Oc1ccc(C2(c3ccc(OC(C)=O)c(C)c3)CCC2)cc1C. The predicted molar refractivity (Wildman–Crippen MR) is 99.6 cm³/mol. The third kappa shape index (κ3) is 3.36. The lowest BCUT2D eigenvalue weighted by atomic mass is 9.60. The molecule has 4 heteroatoms. The zero-order chi connectivity index (χ0) is 18.9. The molecule has 0 aliphatic heterocycles. The molecule has 4 nitrogen and oxygen atoms in total. The van der Waals surface area contributed by atoms with E-state index in [4.69, 9.17) is 9.47 Å². The minimum absolute atomic E-state index is 0.0287. The van der Waals surface area contributed by atoms with Crippen LogP contribution < -0.4 is 9.47 Å². The van der Waals surface area contributed by atoms with Crippen LogP contribution in [0.15, 0.2) is 36.4 Å². The Balaban J connectivity index is 1.97. The van der Waals surface area contributed by atoms with Gasteiger partial charge in [0.1, 0.15) is 11.5 Å². The molecule has 2 aromatic carbocycles. The molecule has 26 heavy (non-hydrogen) atoms. The number of ether oxygens (including phenoxy) is 2. The number of rotatable bonds is 4. The smallest absolute Gasteiger partial charge is 0.308 e. The first-order valence-electron chi connectivity index (χ1n) is 8.91. The lowest BCUT2D eigenvalue weighted by Gasteiger charge is -2.43. The Morgan fingerprint density at radius 1 is 0.808 bits per heavy atom. The van der Waals surface area contributed by atoms with E-state index in [2.05, 4.69) is 24.3 Å². The summed E-state index contributed by atoms with van der Waals surface area (Å²) < 4.78 is 10.5. The predicted octanol–water partition coefficient (Wildman–Crippen LogP) is 4.62. The zero-order valence-electron chi connectivity index (χ0n) is 15.7. The van der Waals surface area contributed by atoms with E-state index in [0.717, 1.165) is 24.0 Å². The largest absolute Gasteiger partial charge is 0.426 e. The Hall–Kier alpha value is -2.62. The minimum Gasteiger partial charge on any atom is -0.426 e. The van der Waals surface area contributed by atoms with Crippen molar-refractivity contribution < 1.29 is 19.1 Å². The van der Waals surface area contributed by atoms with Crippen LogP contribution in [-0.4, -0.2) is 11.9 Å². The molecular formula is C22H24O4. The molecule has 1 fully saturated rings. The van der Waals surface area contributed by atoms with E-state index < -0.39 is 0 Å². The number of esters is 2. The van der Waals surface area contributed by atoms with Gasteiger partial charge in [-0.25, -0.2) is 0 Å². The molecular weight excluding hydrogens is 328 g/mol. The summed E-state index contributed by atoms with van der Waals surface area (Å²) in [4.78, 5) is 22.4. The van der Waals surface area contributed by atoms with Gasteiger partial charge in [-0.05, 0) is 61.1 Å². The van der Waals surface area contributed by atoms with Crippen molar-refractivity contribution in [3.05, 3.63) is 58.7 Å². The van der Waals surface area contributed by atoms with Crippen molar-refractivity contribution >= 4 is 11.9 Å². The van der Waals surface area contributed by atoms with Crippen molar-refractivity contribution in [2.24, 2.45) is 0 Å². The Morgan fingerprint density at radius 3 is 1.50 bits per heavy atom. The summed E-state index contributed by atoms with van der Waals surface area (Å²) in [6, 6.07) is 12.1. The number of benzene rings is 2. The fraction of sp³-hybridized carbons (Fsp3) is 0.364. The van der Waals surface area contributed by atoms with Gasteiger partial charge in [-0.1, -0.05) is 30.7 Å². The molecule has 3 rings (SSSR count). The second kappa shape index (κ2) is 6.94. The molecule has 0 unspecified atom stereocenters. The Kier molecular flexibility index (Phi) is 4.86. The second-order valence-corrected chi connectivity index (χ2v) is 7.08. The lowest BCUT2D eigenvalue weighted by Crippen LogP contribution is -2.35. The summed E-state index contributed by atoms with van der Waals surface area (Å²) in [5.41, 5.74) is 4.35. The van der Waals surface area contributed by atoms with Crippen LogP contribution in [0.25, 0.3) is 0 Å². The lowest BCUT2D eigenvalue weighted by molar-refractivity contribution is -0.132. The standard InChI is InChI=1S/C22H24O4/c1-14-12-18(6-8-20(14)25-16(3)23)22(10-5-11-22)19-7-9-21(15(2)13-19)26-17(4)24/h6-9,12-13H,5,10-11H2,1-4H3. The summed E-state index contributed by atoms with van der Waals surface area (Å²) in [7, 11) is 0. The summed E-state index contributed by atoms with van der Waals surface area (Å²) in [5, 5.41) is 0. The van der Waals surface area contributed by atoms with Crippen LogP contribution in [0.1, 0.15) is 55.4 Å². The number of carbonyl (C=O) groups excluding carboxylic acids is 2. The van der Waals surface area contributed by atoms with Gasteiger partial charge >= 0.3 is 11.9 Å². The average molecular weight is 352 g/mol. The van der Waals surface area contributed by atoms with E-state index in [0.29, 0.717) is 11.5 Å². The van der Waals surface area contributed by atoms with Crippen LogP contribution in [0.4, 0.5) is 0 Å². The monoisotopic (exact) mass is 352 g/mol. The van der Waals surface area contributed by atoms with Gasteiger partial charge < -0.3 is 9.47 Å². The first-order chi connectivity index (χ1) is 12.3. The van der Waals surface area contributed by atoms with Crippen molar-refractivity contribution in [1.29, 1.82) is 0 Å². The normalized spacial score (nSPS) is 15.1. The van der Waals surface area contributed by atoms with Gasteiger partial charge in [0.2, 0.25) is 0 Å². The number of hydrogen-bond acceptors (Lipinski definition) is 4. The van der Waals surface area contributed by atoms with Gasteiger partial charge in [0.05, 0.1) is 0 Å². The van der Waals surface area contributed by atoms with E-state index >= 15 is 0 Å². The molecule has 1 aliphatic rings. The third-order valence-electron chi connectivity index (χ3n) is 5.17. The van der Waals surface area contributed by atoms with Gasteiger partial charge in [-0.3, -0.25) is 9.59 Å². The maximum Gasteiger partial charge on any atom is 0.308 e.